The summed E-state index contributed by atoms with van der Waals surface area (Å²) >= 11 is 0. The zero-order valence-corrected chi connectivity index (χ0v) is 16.1. The molecule has 0 fully saturated rings. The predicted octanol–water partition coefficient (Wildman–Crippen LogP) is 3.79. The molecule has 0 radical (unpaired) electrons. The van der Waals surface area contributed by atoms with Crippen molar-refractivity contribution < 1.29 is 13.9 Å². The number of benzene rings is 3. The maximum absolute atomic E-state index is 13.0. The summed E-state index contributed by atoms with van der Waals surface area (Å²) in [6.45, 7) is 0.286. The zero-order valence-electron chi connectivity index (χ0n) is 16.1. The topological polar surface area (TPSA) is 73.2 Å². The van der Waals surface area contributed by atoms with Crippen LogP contribution in [-0.4, -0.2) is 15.7 Å². The third-order valence-electron chi connectivity index (χ3n) is 4.60. The first-order valence-corrected chi connectivity index (χ1v) is 9.28. The van der Waals surface area contributed by atoms with Crippen LogP contribution < -0.4 is 15.6 Å². The van der Waals surface area contributed by atoms with Gasteiger partial charge in [0.25, 0.3) is 11.5 Å². The van der Waals surface area contributed by atoms with Crippen LogP contribution in [0.1, 0.15) is 16.1 Å². The van der Waals surface area contributed by atoms with Gasteiger partial charge in [-0.25, -0.2) is 9.07 Å². The lowest BCUT2D eigenvalue weighted by molar-refractivity contribution is 0.0945. The summed E-state index contributed by atoms with van der Waals surface area (Å²) in [7, 11) is 1.52. The smallest absolute Gasteiger partial charge is 0.274 e. The van der Waals surface area contributed by atoms with Crippen LogP contribution in [-0.2, 0) is 13.6 Å². The van der Waals surface area contributed by atoms with Crippen LogP contribution in [0.5, 0.6) is 11.5 Å². The lowest BCUT2D eigenvalue weighted by Gasteiger charge is -2.10. The van der Waals surface area contributed by atoms with Crippen LogP contribution in [0.15, 0.2) is 77.6 Å². The Kier molecular flexibility index (Phi) is 5.26. The molecular formula is C23H18FN3O3. The molecule has 3 aromatic carbocycles. The number of hydrogen-bond donors (Lipinski definition) is 1. The molecule has 0 aliphatic carbocycles. The third-order valence-corrected chi connectivity index (χ3v) is 4.60. The summed E-state index contributed by atoms with van der Waals surface area (Å²) < 4.78 is 19.8. The Morgan fingerprint density at radius 2 is 1.57 bits per heavy atom. The molecule has 1 aromatic heterocycles. The Morgan fingerprint density at radius 1 is 0.967 bits per heavy atom. The summed E-state index contributed by atoms with van der Waals surface area (Å²) in [5.74, 6) is 0.440. The number of hydrogen-bond acceptors (Lipinski definition) is 4. The normalized spacial score (nSPS) is 10.7. The average Bonchev–Trinajstić information content (AvgIpc) is 2.77. The maximum Gasteiger partial charge on any atom is 0.274 e. The number of aromatic nitrogens is 2. The molecule has 0 saturated heterocycles. The van der Waals surface area contributed by atoms with Crippen molar-refractivity contribution in [2.45, 2.75) is 6.54 Å². The van der Waals surface area contributed by atoms with E-state index in [1.165, 1.54) is 23.9 Å². The van der Waals surface area contributed by atoms with Gasteiger partial charge in [0.1, 0.15) is 17.3 Å². The van der Waals surface area contributed by atoms with Crippen molar-refractivity contribution in [3.8, 4) is 11.5 Å². The van der Waals surface area contributed by atoms with Crippen LogP contribution >= 0.6 is 0 Å². The van der Waals surface area contributed by atoms with Crippen molar-refractivity contribution in [2.75, 3.05) is 0 Å². The maximum atomic E-state index is 13.0. The highest BCUT2D eigenvalue weighted by atomic mass is 19.1. The van der Waals surface area contributed by atoms with E-state index in [-0.39, 0.29) is 29.5 Å². The molecule has 6 nitrogen and oxygen atoms in total. The summed E-state index contributed by atoms with van der Waals surface area (Å²) in [6.07, 6.45) is 0. The standard InChI is InChI=1S/C23H18FN3O3/c1-27-23(29)20-5-3-2-4-19(20)21(26-27)22(28)25-14-15-6-10-17(11-7-15)30-18-12-8-16(24)9-13-18/h2-13H,14H2,1H3,(H,25,28). The number of fused-ring (bicyclic) bond motifs is 1. The lowest BCUT2D eigenvalue weighted by atomic mass is 10.1. The largest absolute Gasteiger partial charge is 0.457 e. The SMILES string of the molecule is Cn1nc(C(=O)NCc2ccc(Oc3ccc(F)cc3)cc2)c2ccccc2c1=O. The van der Waals surface area contributed by atoms with E-state index in [1.54, 1.807) is 48.5 Å². The van der Waals surface area contributed by atoms with Gasteiger partial charge in [0.05, 0.1) is 5.39 Å². The van der Waals surface area contributed by atoms with E-state index >= 15 is 0 Å². The van der Waals surface area contributed by atoms with E-state index < -0.39 is 0 Å². The number of halogens is 1. The highest BCUT2D eigenvalue weighted by Crippen LogP contribution is 2.22. The summed E-state index contributed by atoms with van der Waals surface area (Å²) in [6, 6.07) is 19.8. The van der Waals surface area contributed by atoms with E-state index in [0.29, 0.717) is 22.3 Å². The Labute approximate surface area is 171 Å². The number of amides is 1. The lowest BCUT2D eigenvalue weighted by Crippen LogP contribution is -2.29. The predicted molar refractivity (Wildman–Crippen MR) is 111 cm³/mol. The van der Waals surface area contributed by atoms with Gasteiger partial charge in [-0.05, 0) is 48.0 Å². The fourth-order valence-electron chi connectivity index (χ4n) is 3.05. The van der Waals surface area contributed by atoms with Gasteiger partial charge in [-0.15, -0.1) is 0 Å². The highest BCUT2D eigenvalue weighted by molar-refractivity contribution is 6.04. The molecule has 0 aliphatic heterocycles. The number of rotatable bonds is 5. The van der Waals surface area contributed by atoms with E-state index in [1.807, 2.05) is 12.1 Å². The first-order valence-electron chi connectivity index (χ1n) is 9.28. The molecule has 150 valence electrons. The van der Waals surface area contributed by atoms with Gasteiger partial charge >= 0.3 is 0 Å². The summed E-state index contributed by atoms with van der Waals surface area (Å²) in [5, 5.41) is 7.92. The second-order valence-electron chi connectivity index (χ2n) is 6.71. The fraction of sp³-hybridized carbons (Fsp3) is 0.0870. The molecule has 1 heterocycles. The van der Waals surface area contributed by atoms with Crippen molar-refractivity contribution in [1.82, 2.24) is 15.1 Å². The third kappa shape index (κ3) is 4.05. The average molecular weight is 403 g/mol. The van der Waals surface area contributed by atoms with Gasteiger partial charge in [-0.2, -0.15) is 5.10 Å². The number of nitrogens with one attached hydrogen (secondary N) is 1. The Bertz CT molecular complexity index is 1270. The van der Waals surface area contributed by atoms with Crippen LogP contribution in [0, 0.1) is 5.82 Å². The molecule has 30 heavy (non-hydrogen) atoms. The monoisotopic (exact) mass is 403 g/mol. The molecule has 1 N–H and O–H groups in total. The molecule has 0 atom stereocenters. The van der Waals surface area contributed by atoms with E-state index in [2.05, 4.69) is 10.4 Å². The van der Waals surface area contributed by atoms with Gasteiger partial charge < -0.3 is 10.1 Å². The molecule has 0 aliphatic rings. The minimum absolute atomic E-state index is 0.198. The molecule has 0 saturated carbocycles. The minimum Gasteiger partial charge on any atom is -0.457 e. The first kappa shape index (κ1) is 19.3. The van der Waals surface area contributed by atoms with Gasteiger partial charge in [0.2, 0.25) is 0 Å². The number of nitrogens with zero attached hydrogens (tertiary/aromatic N) is 2. The quantitative estimate of drug-likeness (QED) is 0.550. The van der Waals surface area contributed by atoms with Crippen LogP contribution in [0.25, 0.3) is 10.8 Å². The summed E-state index contributed by atoms with van der Waals surface area (Å²) in [4.78, 5) is 24.9. The number of carbonyl (C=O) groups is 1. The first-order chi connectivity index (χ1) is 14.5. The molecule has 4 rings (SSSR count). The van der Waals surface area contributed by atoms with Gasteiger partial charge in [0, 0.05) is 19.0 Å². The molecule has 7 heteroatoms. The van der Waals surface area contributed by atoms with Crippen molar-refractivity contribution in [3.05, 3.63) is 100 Å². The number of carbonyl (C=O) groups excluding carboxylic acids is 1. The Balaban J connectivity index is 1.45. The van der Waals surface area contributed by atoms with E-state index in [9.17, 15) is 14.0 Å². The minimum atomic E-state index is -0.367. The second kappa shape index (κ2) is 8.16. The van der Waals surface area contributed by atoms with Gasteiger partial charge in [0.15, 0.2) is 5.69 Å². The van der Waals surface area contributed by atoms with E-state index in [4.69, 9.17) is 4.74 Å². The molecule has 0 spiro atoms. The van der Waals surface area contributed by atoms with Crippen molar-refractivity contribution in [2.24, 2.45) is 7.05 Å². The number of ether oxygens (including phenoxy) is 1. The fourth-order valence-corrected chi connectivity index (χ4v) is 3.05. The molecular weight excluding hydrogens is 385 g/mol. The molecule has 0 bridgehead atoms. The van der Waals surface area contributed by atoms with Crippen LogP contribution in [0.2, 0.25) is 0 Å². The summed E-state index contributed by atoms with van der Waals surface area (Å²) in [5.41, 5.74) is 0.812. The van der Waals surface area contributed by atoms with Crippen LogP contribution in [0.4, 0.5) is 4.39 Å². The molecule has 1 amide bonds. The Morgan fingerprint density at radius 3 is 2.23 bits per heavy atom. The highest BCUT2D eigenvalue weighted by Gasteiger charge is 2.15. The van der Waals surface area contributed by atoms with Gasteiger partial charge in [-0.1, -0.05) is 30.3 Å². The van der Waals surface area contributed by atoms with Crippen molar-refractivity contribution >= 4 is 16.7 Å². The molecule has 4 aromatic rings. The second-order valence-corrected chi connectivity index (χ2v) is 6.71. The number of aryl methyl sites for hydroxylation is 1. The van der Waals surface area contributed by atoms with Crippen molar-refractivity contribution in [3.63, 3.8) is 0 Å². The Hall–Kier alpha value is -4.00. The van der Waals surface area contributed by atoms with Gasteiger partial charge in [-0.3, -0.25) is 9.59 Å². The van der Waals surface area contributed by atoms with E-state index in [0.717, 1.165) is 5.56 Å². The zero-order chi connectivity index (χ0) is 21.1. The van der Waals surface area contributed by atoms with Crippen molar-refractivity contribution in [1.29, 1.82) is 0 Å². The molecule has 0 unspecified atom stereocenters. The van der Waals surface area contributed by atoms with Crippen LogP contribution in [0.3, 0.4) is 0 Å².